The number of nitro benzene ring substituents is 1. The van der Waals surface area contributed by atoms with Crippen LogP contribution in [0.3, 0.4) is 0 Å². The molecule has 0 unspecified atom stereocenters. The lowest BCUT2D eigenvalue weighted by atomic mass is 9.88. The minimum Gasteiger partial charge on any atom is -0.463 e. The molecular weight excluding hydrogens is 585 g/mol. The number of rotatable bonds is 12. The number of nitrogens with zero attached hydrogens (tertiary/aromatic N) is 2. The van der Waals surface area contributed by atoms with Gasteiger partial charge < -0.3 is 14.8 Å². The van der Waals surface area contributed by atoms with E-state index in [1.54, 1.807) is 32.1 Å². The lowest BCUT2D eigenvalue weighted by molar-refractivity contribution is -0.385. The molecule has 3 aromatic rings. The monoisotopic (exact) mass is 621 g/mol. The smallest absolute Gasteiger partial charge is 0.333 e. The zero-order chi connectivity index (χ0) is 31.6. The summed E-state index contributed by atoms with van der Waals surface area (Å²) in [5, 5.41) is 16.8. The molecule has 9 nitrogen and oxygen atoms in total. The predicted molar refractivity (Wildman–Crippen MR) is 167 cm³/mol. The lowest BCUT2D eigenvalue weighted by Gasteiger charge is -2.24. The van der Waals surface area contributed by atoms with E-state index in [1.807, 2.05) is 30.5 Å². The first-order valence-electron chi connectivity index (χ1n) is 14.6. The minimum absolute atomic E-state index is 0.0174. The van der Waals surface area contributed by atoms with Crippen molar-refractivity contribution in [2.45, 2.75) is 65.3 Å². The minimum atomic E-state index is -0.829. The van der Waals surface area contributed by atoms with E-state index in [1.165, 1.54) is 23.5 Å². The van der Waals surface area contributed by atoms with E-state index in [-0.39, 0.29) is 35.3 Å². The number of aromatic nitrogens is 1. The number of amides is 1. The summed E-state index contributed by atoms with van der Waals surface area (Å²) >= 11 is 1.45. The summed E-state index contributed by atoms with van der Waals surface area (Å²) in [6.07, 6.45) is 9.10. The van der Waals surface area contributed by atoms with Crippen LogP contribution in [0.15, 0.2) is 65.1 Å². The van der Waals surface area contributed by atoms with Crippen LogP contribution >= 0.6 is 11.3 Å². The summed E-state index contributed by atoms with van der Waals surface area (Å²) in [4.78, 5) is 40.2. The van der Waals surface area contributed by atoms with Gasteiger partial charge in [-0.15, -0.1) is 11.3 Å². The summed E-state index contributed by atoms with van der Waals surface area (Å²) in [7, 11) is 0. The maximum atomic E-state index is 14.3. The van der Waals surface area contributed by atoms with Crippen molar-refractivity contribution in [2.24, 2.45) is 5.92 Å². The summed E-state index contributed by atoms with van der Waals surface area (Å²) in [6, 6.07) is 9.90. The molecule has 1 aromatic heterocycles. The van der Waals surface area contributed by atoms with Crippen LogP contribution in [0.4, 0.5) is 10.1 Å². The largest absolute Gasteiger partial charge is 0.463 e. The van der Waals surface area contributed by atoms with Gasteiger partial charge in [-0.25, -0.2) is 14.2 Å². The van der Waals surface area contributed by atoms with Gasteiger partial charge in [0.2, 0.25) is 5.91 Å². The number of nitro groups is 1. The molecule has 1 fully saturated rings. The Morgan fingerprint density at radius 2 is 1.89 bits per heavy atom. The first-order valence-corrected chi connectivity index (χ1v) is 15.5. The highest BCUT2D eigenvalue weighted by molar-refractivity contribution is 7.09. The molecule has 0 spiro atoms. The van der Waals surface area contributed by atoms with E-state index in [2.05, 4.69) is 5.32 Å². The second-order valence-electron chi connectivity index (χ2n) is 10.8. The molecule has 1 amide bonds. The van der Waals surface area contributed by atoms with E-state index < -0.39 is 10.7 Å². The number of carbonyl (C=O) groups is 2. The Kier molecular flexibility index (Phi) is 11.4. The standard InChI is InChI=1S/C33H36FN3O6S/c1-4-42-33(39)22(3)16-21(2)17-25-20-44-32(35-25)29(36-31(38)24-8-6-5-7-9-24)18-23-10-13-27(14-11-23)43-30-15-12-26(37(40)41)19-28(30)34/h10-17,19-20,24,29H,4-9,18H2,1-3H3,(H,36,38)/t29-/m0/s1. The van der Waals surface area contributed by atoms with Crippen LogP contribution in [0.5, 0.6) is 11.5 Å². The zero-order valence-electron chi connectivity index (χ0n) is 25.0. The fraction of sp³-hybridized carbons (Fsp3) is 0.364. The molecule has 0 bridgehead atoms. The van der Waals surface area contributed by atoms with Crippen LogP contribution in [-0.4, -0.2) is 28.4 Å². The van der Waals surface area contributed by atoms with Gasteiger partial charge in [0.1, 0.15) is 10.8 Å². The highest BCUT2D eigenvalue weighted by Crippen LogP contribution is 2.30. The third-order valence-corrected chi connectivity index (χ3v) is 8.24. The second-order valence-corrected chi connectivity index (χ2v) is 11.7. The Balaban J connectivity index is 1.51. The van der Waals surface area contributed by atoms with Crippen LogP contribution < -0.4 is 10.1 Å². The van der Waals surface area contributed by atoms with Crippen molar-refractivity contribution in [2.75, 3.05) is 6.61 Å². The van der Waals surface area contributed by atoms with E-state index in [0.29, 0.717) is 24.4 Å². The number of halogens is 1. The van der Waals surface area contributed by atoms with Gasteiger partial charge in [0.05, 0.1) is 29.3 Å². The lowest BCUT2D eigenvalue weighted by Crippen LogP contribution is -2.35. The number of hydrogen-bond donors (Lipinski definition) is 1. The molecule has 44 heavy (non-hydrogen) atoms. The number of esters is 1. The van der Waals surface area contributed by atoms with Crippen molar-refractivity contribution < 1.29 is 28.4 Å². The van der Waals surface area contributed by atoms with E-state index in [9.17, 15) is 24.1 Å². The van der Waals surface area contributed by atoms with Gasteiger partial charge in [0.25, 0.3) is 5.69 Å². The number of nitrogens with one attached hydrogen (secondary N) is 1. The molecule has 1 heterocycles. The first-order chi connectivity index (χ1) is 21.1. The molecule has 0 radical (unpaired) electrons. The summed E-state index contributed by atoms with van der Waals surface area (Å²) < 4.78 is 25.0. The molecule has 1 saturated carbocycles. The normalized spacial score (nSPS) is 15.0. The molecule has 1 N–H and O–H groups in total. The molecule has 2 aromatic carbocycles. The Hall–Kier alpha value is -4.38. The second kappa shape index (κ2) is 15.4. The maximum Gasteiger partial charge on any atom is 0.333 e. The molecule has 1 atom stereocenters. The Labute approximate surface area is 260 Å². The molecule has 0 aliphatic heterocycles. The average molecular weight is 622 g/mol. The molecule has 0 saturated heterocycles. The quantitative estimate of drug-likeness (QED) is 0.0718. The molecule has 1 aliphatic rings. The van der Waals surface area contributed by atoms with Gasteiger partial charge in [0.15, 0.2) is 11.6 Å². The van der Waals surface area contributed by atoms with Crippen molar-refractivity contribution in [3.63, 3.8) is 0 Å². The number of allylic oxidation sites excluding steroid dienone is 2. The van der Waals surface area contributed by atoms with Gasteiger partial charge in [0, 0.05) is 22.9 Å². The van der Waals surface area contributed by atoms with Gasteiger partial charge in [-0.2, -0.15) is 0 Å². The fourth-order valence-corrected chi connectivity index (χ4v) is 5.87. The summed E-state index contributed by atoms with van der Waals surface area (Å²) in [5.41, 5.74) is 2.62. The van der Waals surface area contributed by atoms with Crippen molar-refractivity contribution in [3.8, 4) is 11.5 Å². The third kappa shape index (κ3) is 9.06. The number of carbonyl (C=O) groups excluding carboxylic acids is 2. The van der Waals surface area contributed by atoms with Crippen LogP contribution in [0.2, 0.25) is 0 Å². The highest BCUT2D eigenvalue weighted by Gasteiger charge is 2.26. The predicted octanol–water partition coefficient (Wildman–Crippen LogP) is 7.88. The molecule has 232 valence electrons. The first kappa shape index (κ1) is 32.5. The zero-order valence-corrected chi connectivity index (χ0v) is 25.8. The van der Waals surface area contributed by atoms with E-state index >= 15 is 0 Å². The maximum absolute atomic E-state index is 14.3. The van der Waals surface area contributed by atoms with Crippen LogP contribution in [0, 0.1) is 21.8 Å². The van der Waals surface area contributed by atoms with E-state index in [4.69, 9.17) is 14.5 Å². The summed E-state index contributed by atoms with van der Waals surface area (Å²) in [5.74, 6) is -0.932. The molecule has 11 heteroatoms. The van der Waals surface area contributed by atoms with Crippen molar-refractivity contribution in [1.82, 2.24) is 10.3 Å². The number of ether oxygens (including phenoxy) is 2. The number of hydrogen-bond acceptors (Lipinski definition) is 8. The SMILES string of the molecule is CCOC(=O)C(C)=CC(C)=Cc1csc([C@H](Cc2ccc(Oc3ccc([N+](=O)[O-])cc3F)cc2)NC(=O)C2CCCCC2)n1. The van der Waals surface area contributed by atoms with Crippen molar-refractivity contribution in [3.05, 3.63) is 97.3 Å². The molecule has 4 rings (SSSR count). The molecule has 1 aliphatic carbocycles. The van der Waals surface area contributed by atoms with Crippen molar-refractivity contribution >= 4 is 35.0 Å². The average Bonchev–Trinajstić information content (AvgIpc) is 3.47. The molecular formula is C33H36FN3O6S. The number of benzene rings is 2. The fourth-order valence-electron chi connectivity index (χ4n) is 5.04. The van der Waals surface area contributed by atoms with Crippen LogP contribution in [0.1, 0.15) is 75.2 Å². The van der Waals surface area contributed by atoms with Crippen molar-refractivity contribution in [1.29, 1.82) is 0 Å². The summed E-state index contributed by atoms with van der Waals surface area (Å²) in [6.45, 7) is 5.66. The van der Waals surface area contributed by atoms with Crippen LogP contribution in [0.25, 0.3) is 6.08 Å². The van der Waals surface area contributed by atoms with Crippen LogP contribution in [-0.2, 0) is 20.7 Å². The van der Waals surface area contributed by atoms with Gasteiger partial charge in [-0.05, 0) is 81.5 Å². The van der Waals surface area contributed by atoms with Gasteiger partial charge in [-0.3, -0.25) is 14.9 Å². The van der Waals surface area contributed by atoms with Gasteiger partial charge >= 0.3 is 5.97 Å². The topological polar surface area (TPSA) is 121 Å². The third-order valence-electron chi connectivity index (χ3n) is 7.26. The van der Waals surface area contributed by atoms with E-state index in [0.717, 1.165) is 60.0 Å². The number of non-ortho nitro benzene ring substituents is 1. The highest BCUT2D eigenvalue weighted by atomic mass is 32.1. The number of thiazole rings is 1. The Morgan fingerprint density at radius 3 is 2.55 bits per heavy atom. The Morgan fingerprint density at radius 1 is 1.16 bits per heavy atom. The Bertz CT molecular complexity index is 1540. The van der Waals surface area contributed by atoms with Gasteiger partial charge in [-0.1, -0.05) is 31.4 Å².